The maximum atomic E-state index is 11.4. The van der Waals surface area contributed by atoms with Gasteiger partial charge in [0.2, 0.25) is 0 Å². The summed E-state index contributed by atoms with van der Waals surface area (Å²) >= 11 is 1.77. The smallest absolute Gasteiger partial charge is 0.306 e. The first kappa shape index (κ1) is 19.3. The molecule has 0 aromatic rings. The Balaban J connectivity index is 2.35. The molecule has 1 aliphatic heterocycles. The largest absolute Gasteiger partial charge is 0.469 e. The molecule has 0 radical (unpaired) electrons. The van der Waals surface area contributed by atoms with Crippen LogP contribution in [0, 0.1) is 0 Å². The Labute approximate surface area is 138 Å². The Morgan fingerprint density at radius 2 is 1.86 bits per heavy atom. The number of ether oxygens (including phenoxy) is 2. The summed E-state index contributed by atoms with van der Waals surface area (Å²) in [6.45, 7) is 5.54. The minimum atomic E-state index is -0.158. The summed E-state index contributed by atoms with van der Waals surface area (Å²) in [4.78, 5) is 25.2. The van der Waals surface area contributed by atoms with Gasteiger partial charge in [-0.3, -0.25) is 9.59 Å². The number of thioether (sulfide) groups is 1. The van der Waals surface area contributed by atoms with Gasteiger partial charge < -0.3 is 14.4 Å². The maximum Gasteiger partial charge on any atom is 0.306 e. The summed E-state index contributed by atoms with van der Waals surface area (Å²) in [7, 11) is 1.43. The van der Waals surface area contributed by atoms with Crippen LogP contribution in [0.4, 0.5) is 0 Å². The van der Waals surface area contributed by atoms with Crippen LogP contribution < -0.4 is 0 Å². The van der Waals surface area contributed by atoms with Gasteiger partial charge in [-0.05, 0) is 39.3 Å². The van der Waals surface area contributed by atoms with E-state index in [0.29, 0.717) is 24.7 Å². The third-order valence-electron chi connectivity index (χ3n) is 3.77. The van der Waals surface area contributed by atoms with Gasteiger partial charge in [-0.15, -0.1) is 0 Å². The Morgan fingerprint density at radius 1 is 1.14 bits per heavy atom. The van der Waals surface area contributed by atoms with E-state index in [-0.39, 0.29) is 11.9 Å². The van der Waals surface area contributed by atoms with E-state index in [1.807, 2.05) is 6.92 Å². The third kappa shape index (κ3) is 8.63. The molecule has 0 saturated carbocycles. The van der Waals surface area contributed by atoms with Gasteiger partial charge in [0, 0.05) is 24.0 Å². The number of nitrogens with zero attached hydrogens (tertiary/aromatic N) is 1. The van der Waals surface area contributed by atoms with Crippen molar-refractivity contribution in [3.05, 3.63) is 0 Å². The van der Waals surface area contributed by atoms with Crippen LogP contribution in [-0.4, -0.2) is 61.2 Å². The summed E-state index contributed by atoms with van der Waals surface area (Å²) < 4.78 is 9.68. The topological polar surface area (TPSA) is 55.8 Å². The molecule has 0 aliphatic carbocycles. The molecule has 0 amide bonds. The molecule has 1 aliphatic rings. The van der Waals surface area contributed by atoms with Crippen LogP contribution >= 0.6 is 11.8 Å². The van der Waals surface area contributed by atoms with E-state index in [1.165, 1.54) is 26.4 Å². The van der Waals surface area contributed by atoms with Crippen LogP contribution in [0.2, 0.25) is 0 Å². The van der Waals surface area contributed by atoms with E-state index in [2.05, 4.69) is 4.90 Å². The van der Waals surface area contributed by atoms with Crippen LogP contribution in [0.15, 0.2) is 0 Å². The molecule has 6 heteroatoms. The number of hydrogen-bond acceptors (Lipinski definition) is 6. The fourth-order valence-electron chi connectivity index (χ4n) is 2.58. The Morgan fingerprint density at radius 3 is 2.50 bits per heavy atom. The van der Waals surface area contributed by atoms with Crippen molar-refractivity contribution < 1.29 is 19.1 Å². The van der Waals surface area contributed by atoms with Crippen molar-refractivity contribution in [3.63, 3.8) is 0 Å². The second-order valence-electron chi connectivity index (χ2n) is 5.52. The first-order valence-electron chi connectivity index (χ1n) is 8.22. The number of esters is 2. The molecule has 22 heavy (non-hydrogen) atoms. The van der Waals surface area contributed by atoms with Gasteiger partial charge in [0.1, 0.15) is 0 Å². The highest BCUT2D eigenvalue weighted by molar-refractivity contribution is 7.99. The van der Waals surface area contributed by atoms with Gasteiger partial charge in [-0.1, -0.05) is 6.42 Å². The van der Waals surface area contributed by atoms with E-state index in [4.69, 9.17) is 9.47 Å². The zero-order valence-electron chi connectivity index (χ0n) is 13.8. The standard InChI is InChI=1S/C16H29NO4S/c1-3-21-16(19)9-12-22-14(7-8-15(18)20-2)13-17-10-5-4-6-11-17/h14H,3-13H2,1-2H3. The fourth-order valence-corrected chi connectivity index (χ4v) is 3.80. The maximum absolute atomic E-state index is 11.4. The molecular weight excluding hydrogens is 302 g/mol. The third-order valence-corrected chi connectivity index (χ3v) is 5.07. The van der Waals surface area contributed by atoms with Crippen molar-refractivity contribution in [3.8, 4) is 0 Å². The molecule has 0 aromatic heterocycles. The molecule has 1 fully saturated rings. The van der Waals surface area contributed by atoms with Gasteiger partial charge in [-0.25, -0.2) is 0 Å². The van der Waals surface area contributed by atoms with Crippen LogP contribution in [-0.2, 0) is 19.1 Å². The number of carbonyl (C=O) groups is 2. The number of rotatable bonds is 10. The number of piperidine rings is 1. The zero-order chi connectivity index (χ0) is 16.2. The molecule has 0 spiro atoms. The number of hydrogen-bond donors (Lipinski definition) is 0. The molecule has 0 N–H and O–H groups in total. The predicted molar refractivity (Wildman–Crippen MR) is 89.0 cm³/mol. The van der Waals surface area contributed by atoms with Gasteiger partial charge in [0.25, 0.3) is 0 Å². The lowest BCUT2D eigenvalue weighted by atomic mass is 10.1. The van der Waals surface area contributed by atoms with Crippen LogP contribution in [0.25, 0.3) is 0 Å². The molecule has 1 unspecified atom stereocenters. The van der Waals surface area contributed by atoms with Crippen molar-refractivity contribution in [2.75, 3.05) is 39.1 Å². The lowest BCUT2D eigenvalue weighted by Crippen LogP contribution is -2.35. The minimum absolute atomic E-state index is 0.139. The molecule has 1 atom stereocenters. The molecule has 5 nitrogen and oxygen atoms in total. The SMILES string of the molecule is CCOC(=O)CCSC(CCC(=O)OC)CN1CCCCC1. The summed E-state index contributed by atoms with van der Waals surface area (Å²) in [6, 6.07) is 0. The van der Waals surface area contributed by atoms with E-state index < -0.39 is 0 Å². The fraction of sp³-hybridized carbons (Fsp3) is 0.875. The predicted octanol–water partition coefficient (Wildman–Crippen LogP) is 2.48. The monoisotopic (exact) mass is 331 g/mol. The number of methoxy groups -OCH3 is 1. The molecule has 1 heterocycles. The van der Waals surface area contributed by atoms with Crippen molar-refractivity contribution in [2.24, 2.45) is 0 Å². The van der Waals surface area contributed by atoms with E-state index in [0.717, 1.165) is 31.8 Å². The lowest BCUT2D eigenvalue weighted by Gasteiger charge is -2.30. The van der Waals surface area contributed by atoms with Crippen molar-refractivity contribution in [2.45, 2.75) is 50.7 Å². The minimum Gasteiger partial charge on any atom is -0.469 e. The van der Waals surface area contributed by atoms with E-state index in [9.17, 15) is 9.59 Å². The average Bonchev–Trinajstić information content (AvgIpc) is 2.53. The van der Waals surface area contributed by atoms with Crippen molar-refractivity contribution in [1.29, 1.82) is 0 Å². The van der Waals surface area contributed by atoms with E-state index in [1.54, 1.807) is 11.8 Å². The van der Waals surface area contributed by atoms with Crippen molar-refractivity contribution in [1.82, 2.24) is 4.90 Å². The van der Waals surface area contributed by atoms with E-state index >= 15 is 0 Å². The first-order valence-corrected chi connectivity index (χ1v) is 9.27. The highest BCUT2D eigenvalue weighted by Crippen LogP contribution is 2.21. The van der Waals surface area contributed by atoms with Crippen LogP contribution in [0.3, 0.4) is 0 Å². The second kappa shape index (κ2) is 11.8. The van der Waals surface area contributed by atoms with Crippen LogP contribution in [0.1, 0.15) is 45.4 Å². The zero-order valence-corrected chi connectivity index (χ0v) is 14.7. The quantitative estimate of drug-likeness (QED) is 0.573. The molecule has 128 valence electrons. The van der Waals surface area contributed by atoms with Crippen LogP contribution in [0.5, 0.6) is 0 Å². The normalized spacial score (nSPS) is 17.0. The number of likely N-dealkylation sites (tertiary alicyclic amines) is 1. The average molecular weight is 331 g/mol. The molecule has 1 saturated heterocycles. The molecule has 0 bridgehead atoms. The summed E-state index contributed by atoms with van der Waals surface area (Å²) in [5, 5.41) is 0.367. The Bertz CT molecular complexity index is 332. The summed E-state index contributed by atoms with van der Waals surface area (Å²) in [6.07, 6.45) is 5.53. The first-order chi connectivity index (χ1) is 10.7. The van der Waals surface area contributed by atoms with Gasteiger partial charge >= 0.3 is 11.9 Å². The Hall–Kier alpha value is -0.750. The molecule has 1 rings (SSSR count). The van der Waals surface area contributed by atoms with Gasteiger partial charge in [0.05, 0.1) is 20.1 Å². The Kier molecular flexibility index (Phi) is 10.3. The summed E-state index contributed by atoms with van der Waals surface area (Å²) in [5.41, 5.74) is 0. The highest BCUT2D eigenvalue weighted by atomic mass is 32.2. The van der Waals surface area contributed by atoms with Gasteiger partial charge in [-0.2, -0.15) is 11.8 Å². The second-order valence-corrected chi connectivity index (χ2v) is 6.93. The highest BCUT2D eigenvalue weighted by Gasteiger charge is 2.18. The van der Waals surface area contributed by atoms with Gasteiger partial charge in [0.15, 0.2) is 0 Å². The lowest BCUT2D eigenvalue weighted by molar-refractivity contribution is -0.143. The summed E-state index contributed by atoms with van der Waals surface area (Å²) in [5.74, 6) is 0.452. The number of carbonyl (C=O) groups excluding carboxylic acids is 2. The molecule has 0 aromatic carbocycles. The molecular formula is C16H29NO4S. The van der Waals surface area contributed by atoms with Crippen molar-refractivity contribution >= 4 is 23.7 Å².